The Morgan fingerprint density at radius 2 is 1.45 bits per heavy atom. The third-order valence-electron chi connectivity index (χ3n) is 3.92. The van der Waals surface area contributed by atoms with E-state index in [0.29, 0.717) is 0 Å². The number of carbonyl (C=O) groups is 4. The summed E-state index contributed by atoms with van der Waals surface area (Å²) in [5, 5.41) is 10.4. The number of esters is 4. The van der Waals surface area contributed by atoms with Crippen molar-refractivity contribution in [3.8, 4) is 0 Å². The van der Waals surface area contributed by atoms with E-state index < -0.39 is 54.6 Å². The summed E-state index contributed by atoms with van der Waals surface area (Å²) in [5.74, 6) is -2.96. The van der Waals surface area contributed by atoms with Crippen LogP contribution in [0.25, 0.3) is 0 Å². The SMILES string of the molecule is CC(=O)OC[C@H]1O[C@@H](O)[C@H](OC(=O)c2ccccc2)[C@@H](OC(C)=O)[C@@H]1OC(C)=O. The molecule has 1 heterocycles. The number of hydrogen-bond donors (Lipinski definition) is 1. The average Bonchev–Trinajstić information content (AvgIpc) is 2.65. The molecule has 0 unspecified atom stereocenters. The molecular formula is C19H22O10. The van der Waals surface area contributed by atoms with E-state index in [4.69, 9.17) is 23.7 Å². The van der Waals surface area contributed by atoms with Gasteiger partial charge in [-0.2, -0.15) is 0 Å². The van der Waals surface area contributed by atoms with Crippen molar-refractivity contribution in [1.29, 1.82) is 0 Å². The summed E-state index contributed by atoms with van der Waals surface area (Å²) in [7, 11) is 0. The van der Waals surface area contributed by atoms with E-state index >= 15 is 0 Å². The molecule has 10 heteroatoms. The summed E-state index contributed by atoms with van der Waals surface area (Å²) in [4.78, 5) is 46.7. The van der Waals surface area contributed by atoms with Crippen LogP contribution in [0.2, 0.25) is 0 Å². The largest absolute Gasteiger partial charge is 0.463 e. The molecule has 2 rings (SSSR count). The first kappa shape index (κ1) is 22.3. The lowest BCUT2D eigenvalue weighted by Gasteiger charge is -2.42. The van der Waals surface area contributed by atoms with Crippen LogP contribution in [-0.2, 0) is 38.1 Å². The van der Waals surface area contributed by atoms with E-state index in [1.807, 2.05) is 0 Å². The molecule has 1 aliphatic heterocycles. The number of hydrogen-bond acceptors (Lipinski definition) is 10. The summed E-state index contributed by atoms with van der Waals surface area (Å²) in [6.45, 7) is 2.99. The molecule has 0 spiro atoms. The Balaban J connectivity index is 2.30. The van der Waals surface area contributed by atoms with Crippen LogP contribution in [0.4, 0.5) is 0 Å². The molecule has 1 N–H and O–H groups in total. The molecule has 0 bridgehead atoms. The fourth-order valence-electron chi connectivity index (χ4n) is 2.78. The van der Waals surface area contributed by atoms with Gasteiger partial charge in [0.1, 0.15) is 12.7 Å². The fourth-order valence-corrected chi connectivity index (χ4v) is 2.78. The van der Waals surface area contributed by atoms with Gasteiger partial charge in [-0.05, 0) is 12.1 Å². The molecule has 0 aromatic heterocycles. The molecule has 29 heavy (non-hydrogen) atoms. The van der Waals surface area contributed by atoms with Gasteiger partial charge in [0.05, 0.1) is 5.56 Å². The van der Waals surface area contributed by atoms with Crippen molar-refractivity contribution in [3.63, 3.8) is 0 Å². The maximum atomic E-state index is 12.4. The van der Waals surface area contributed by atoms with Crippen molar-refractivity contribution in [2.75, 3.05) is 6.61 Å². The summed E-state index contributed by atoms with van der Waals surface area (Å²) in [5.41, 5.74) is 0.187. The lowest BCUT2D eigenvalue weighted by molar-refractivity contribution is -0.292. The number of ether oxygens (including phenoxy) is 5. The molecular weight excluding hydrogens is 388 g/mol. The Labute approximate surface area is 166 Å². The Morgan fingerprint density at radius 3 is 2.00 bits per heavy atom. The summed E-state index contributed by atoms with van der Waals surface area (Å²) in [6.07, 6.45) is -7.08. The normalized spacial score (nSPS) is 26.1. The van der Waals surface area contributed by atoms with Crippen LogP contribution in [0.3, 0.4) is 0 Å². The highest BCUT2D eigenvalue weighted by molar-refractivity contribution is 5.89. The van der Waals surface area contributed by atoms with Crippen molar-refractivity contribution in [2.45, 2.75) is 51.5 Å². The minimum atomic E-state index is -1.74. The van der Waals surface area contributed by atoms with E-state index in [1.54, 1.807) is 18.2 Å². The first-order valence-electron chi connectivity index (χ1n) is 8.76. The second-order valence-electron chi connectivity index (χ2n) is 6.25. The monoisotopic (exact) mass is 410 g/mol. The third kappa shape index (κ3) is 6.26. The highest BCUT2D eigenvalue weighted by Gasteiger charge is 2.52. The standard InChI is InChI=1S/C19H22O10/c1-10(20)25-9-14-15(26-11(2)21)16(27-12(3)22)17(19(24)28-14)29-18(23)13-7-5-4-6-8-13/h4-8,14-17,19,24H,9H2,1-3H3/t14-,15-,16+,17-,19-/m1/s1. The van der Waals surface area contributed by atoms with Crippen LogP contribution in [0.1, 0.15) is 31.1 Å². The number of carbonyl (C=O) groups excluding carboxylic acids is 4. The van der Waals surface area contributed by atoms with Gasteiger partial charge in [0.15, 0.2) is 24.6 Å². The smallest absolute Gasteiger partial charge is 0.338 e. The zero-order chi connectivity index (χ0) is 21.6. The fraction of sp³-hybridized carbons (Fsp3) is 0.474. The lowest BCUT2D eigenvalue weighted by atomic mass is 9.98. The number of rotatable bonds is 6. The van der Waals surface area contributed by atoms with Gasteiger partial charge in [0.2, 0.25) is 0 Å². The third-order valence-corrected chi connectivity index (χ3v) is 3.92. The van der Waals surface area contributed by atoms with Crippen LogP contribution >= 0.6 is 0 Å². The second kappa shape index (κ2) is 9.99. The quantitative estimate of drug-likeness (QED) is 0.517. The van der Waals surface area contributed by atoms with Crippen molar-refractivity contribution < 1.29 is 48.0 Å². The van der Waals surface area contributed by atoms with Gasteiger partial charge in [0, 0.05) is 20.8 Å². The molecule has 5 atom stereocenters. The van der Waals surface area contributed by atoms with Gasteiger partial charge in [-0.1, -0.05) is 18.2 Å². The Bertz CT molecular complexity index is 747. The van der Waals surface area contributed by atoms with E-state index in [-0.39, 0.29) is 12.2 Å². The van der Waals surface area contributed by atoms with Crippen molar-refractivity contribution in [3.05, 3.63) is 35.9 Å². The van der Waals surface area contributed by atoms with Crippen molar-refractivity contribution in [1.82, 2.24) is 0 Å². The minimum Gasteiger partial charge on any atom is -0.463 e. The summed E-state index contributed by atoms with van der Waals surface area (Å²) < 4.78 is 25.9. The maximum absolute atomic E-state index is 12.4. The highest BCUT2D eigenvalue weighted by atomic mass is 16.7. The van der Waals surface area contributed by atoms with E-state index in [0.717, 1.165) is 20.8 Å². The number of aliphatic hydroxyl groups is 1. The zero-order valence-corrected chi connectivity index (χ0v) is 16.1. The molecule has 1 aromatic rings. The Kier molecular flexibility index (Phi) is 7.68. The maximum Gasteiger partial charge on any atom is 0.338 e. The highest BCUT2D eigenvalue weighted by Crippen LogP contribution is 2.28. The minimum absolute atomic E-state index is 0.187. The first-order valence-corrected chi connectivity index (χ1v) is 8.76. The summed E-state index contributed by atoms with van der Waals surface area (Å²) >= 11 is 0. The summed E-state index contributed by atoms with van der Waals surface area (Å²) in [6, 6.07) is 7.92. The molecule has 0 saturated carbocycles. The van der Waals surface area contributed by atoms with E-state index in [9.17, 15) is 24.3 Å². The van der Waals surface area contributed by atoms with Gasteiger partial charge in [-0.15, -0.1) is 0 Å². The predicted octanol–water partition coefficient (Wildman–Crippen LogP) is 0.356. The van der Waals surface area contributed by atoms with Gasteiger partial charge in [-0.25, -0.2) is 4.79 Å². The van der Waals surface area contributed by atoms with Crippen molar-refractivity contribution >= 4 is 23.9 Å². The molecule has 0 amide bonds. The lowest BCUT2D eigenvalue weighted by Crippen LogP contribution is -2.62. The van der Waals surface area contributed by atoms with Gasteiger partial charge < -0.3 is 28.8 Å². The Morgan fingerprint density at radius 1 is 0.862 bits per heavy atom. The average molecular weight is 410 g/mol. The van der Waals surface area contributed by atoms with Crippen LogP contribution in [0.5, 0.6) is 0 Å². The predicted molar refractivity (Wildman–Crippen MR) is 94.3 cm³/mol. The molecule has 0 radical (unpaired) electrons. The molecule has 0 aliphatic carbocycles. The molecule has 1 saturated heterocycles. The molecule has 1 aromatic carbocycles. The zero-order valence-electron chi connectivity index (χ0n) is 16.1. The molecule has 10 nitrogen and oxygen atoms in total. The number of aliphatic hydroxyl groups excluding tert-OH is 1. The van der Waals surface area contributed by atoms with Gasteiger partial charge >= 0.3 is 23.9 Å². The molecule has 1 aliphatic rings. The van der Waals surface area contributed by atoms with Crippen LogP contribution < -0.4 is 0 Å². The van der Waals surface area contributed by atoms with Crippen molar-refractivity contribution in [2.24, 2.45) is 0 Å². The van der Waals surface area contributed by atoms with E-state index in [2.05, 4.69) is 0 Å². The number of benzene rings is 1. The Hall–Kier alpha value is -2.98. The van der Waals surface area contributed by atoms with Gasteiger partial charge in [-0.3, -0.25) is 14.4 Å². The second-order valence-corrected chi connectivity index (χ2v) is 6.25. The van der Waals surface area contributed by atoms with Crippen LogP contribution in [-0.4, -0.2) is 66.3 Å². The topological polar surface area (TPSA) is 135 Å². The van der Waals surface area contributed by atoms with Crippen LogP contribution in [0.15, 0.2) is 30.3 Å². The molecule has 158 valence electrons. The first-order chi connectivity index (χ1) is 13.7. The van der Waals surface area contributed by atoms with Gasteiger partial charge in [0.25, 0.3) is 0 Å². The molecule has 1 fully saturated rings. The van der Waals surface area contributed by atoms with Crippen LogP contribution in [0, 0.1) is 0 Å². The van der Waals surface area contributed by atoms with E-state index in [1.165, 1.54) is 12.1 Å².